The van der Waals surface area contributed by atoms with E-state index in [2.05, 4.69) is 88.4 Å². The minimum atomic E-state index is 0. The highest BCUT2D eigenvalue weighted by Crippen LogP contribution is 2.25. The number of hydrogen-bond acceptors (Lipinski definition) is 1. The summed E-state index contributed by atoms with van der Waals surface area (Å²) in [4.78, 5) is 0. The lowest BCUT2D eigenvalue weighted by Gasteiger charge is -2.23. The topological polar surface area (TPSA) is 12.0 Å². The van der Waals surface area contributed by atoms with Crippen molar-refractivity contribution in [1.29, 1.82) is 0 Å². The minimum absolute atomic E-state index is 0. The summed E-state index contributed by atoms with van der Waals surface area (Å²) in [5.74, 6) is 0. The van der Waals surface area contributed by atoms with Crippen LogP contribution in [0.1, 0.15) is 135 Å². The van der Waals surface area contributed by atoms with E-state index >= 15 is 0 Å². The monoisotopic (exact) mass is 371 g/mol. The van der Waals surface area contributed by atoms with Crippen LogP contribution in [0.2, 0.25) is 0 Å². The summed E-state index contributed by atoms with van der Waals surface area (Å²) in [5, 5.41) is 3.49. The van der Waals surface area contributed by atoms with Gasteiger partial charge in [-0.05, 0) is 69.2 Å². The van der Waals surface area contributed by atoms with Crippen LogP contribution in [0, 0.1) is 16.2 Å². The second-order valence-electron chi connectivity index (χ2n) is 12.5. The molecular weight excluding hydrogens is 314 g/mol. The van der Waals surface area contributed by atoms with Gasteiger partial charge in [-0.25, -0.2) is 0 Å². The number of rotatable bonds is 7. The molecule has 0 saturated carbocycles. The van der Waals surface area contributed by atoms with E-state index in [1.165, 1.54) is 44.9 Å². The molecule has 0 radical (unpaired) electrons. The Labute approximate surface area is 169 Å². The standard InChI is InChI=1S/C13H28.C11H25N.CH4/c1-12(2,3)10-8-7-9-11-13(4,5)6;1-10(2,3)8-7-9-12-11(4,5)6;/h7-11H2,1-6H3;12H,7-9H2,1-6H3;1H4. The molecule has 0 aromatic heterocycles. The molecular formula is C25H57N. The quantitative estimate of drug-likeness (QED) is 0.440. The van der Waals surface area contributed by atoms with Gasteiger partial charge in [0.2, 0.25) is 0 Å². The molecule has 0 aliphatic heterocycles. The van der Waals surface area contributed by atoms with Crippen molar-refractivity contribution < 1.29 is 0 Å². The molecule has 0 amide bonds. The molecule has 1 nitrogen and oxygen atoms in total. The average Bonchev–Trinajstić information content (AvgIpc) is 2.30. The van der Waals surface area contributed by atoms with Crippen LogP contribution >= 0.6 is 0 Å². The first-order valence-corrected chi connectivity index (χ1v) is 10.7. The van der Waals surface area contributed by atoms with Crippen molar-refractivity contribution in [2.24, 2.45) is 16.2 Å². The van der Waals surface area contributed by atoms with Gasteiger partial charge in [0.25, 0.3) is 0 Å². The molecule has 0 rings (SSSR count). The largest absolute Gasteiger partial charge is 0.312 e. The van der Waals surface area contributed by atoms with Crippen molar-refractivity contribution in [3.63, 3.8) is 0 Å². The second kappa shape index (κ2) is 13.2. The molecule has 0 spiro atoms. The Bertz CT molecular complexity index is 269. The SMILES string of the molecule is C.CC(C)(C)CCCCCC(C)(C)C.CC(C)(C)CCCNC(C)(C)C. The Kier molecular flexibility index (Phi) is 15.6. The van der Waals surface area contributed by atoms with Gasteiger partial charge in [0.15, 0.2) is 0 Å². The molecule has 162 valence electrons. The van der Waals surface area contributed by atoms with Crippen LogP contribution in [0.25, 0.3) is 0 Å². The molecule has 0 bridgehead atoms. The molecule has 0 aromatic rings. The van der Waals surface area contributed by atoms with Crippen LogP contribution in [0.4, 0.5) is 0 Å². The summed E-state index contributed by atoms with van der Waals surface area (Å²) < 4.78 is 0. The van der Waals surface area contributed by atoms with Crippen LogP contribution in [0.5, 0.6) is 0 Å². The van der Waals surface area contributed by atoms with Crippen LogP contribution in [0.3, 0.4) is 0 Å². The zero-order chi connectivity index (χ0) is 20.4. The molecule has 0 fully saturated rings. The summed E-state index contributed by atoms with van der Waals surface area (Å²) in [6.45, 7) is 28.6. The maximum atomic E-state index is 3.49. The maximum absolute atomic E-state index is 3.49. The van der Waals surface area contributed by atoms with Gasteiger partial charge in [-0.3, -0.25) is 0 Å². The number of hydrogen-bond donors (Lipinski definition) is 1. The molecule has 0 aliphatic rings. The van der Waals surface area contributed by atoms with Crippen LogP contribution < -0.4 is 5.32 Å². The van der Waals surface area contributed by atoms with Crippen molar-refractivity contribution in [2.75, 3.05) is 6.54 Å². The Morgan fingerprint density at radius 3 is 1.04 bits per heavy atom. The van der Waals surface area contributed by atoms with E-state index in [9.17, 15) is 0 Å². The lowest BCUT2D eigenvalue weighted by molar-refractivity contribution is 0.330. The van der Waals surface area contributed by atoms with Crippen molar-refractivity contribution in [1.82, 2.24) is 5.32 Å². The van der Waals surface area contributed by atoms with E-state index in [1.807, 2.05) is 0 Å². The second-order valence-corrected chi connectivity index (χ2v) is 12.5. The van der Waals surface area contributed by atoms with Crippen LogP contribution in [-0.2, 0) is 0 Å². The third-order valence-electron chi connectivity index (χ3n) is 4.11. The highest BCUT2D eigenvalue weighted by Gasteiger charge is 2.12. The van der Waals surface area contributed by atoms with Gasteiger partial charge in [0.05, 0.1) is 0 Å². The van der Waals surface area contributed by atoms with Gasteiger partial charge >= 0.3 is 0 Å². The van der Waals surface area contributed by atoms with Gasteiger partial charge in [-0.2, -0.15) is 0 Å². The smallest absolute Gasteiger partial charge is 0.00965 e. The van der Waals surface area contributed by atoms with Crippen molar-refractivity contribution in [2.45, 2.75) is 141 Å². The molecule has 0 aliphatic carbocycles. The van der Waals surface area contributed by atoms with E-state index in [4.69, 9.17) is 0 Å². The molecule has 0 heterocycles. The molecule has 0 aromatic carbocycles. The zero-order valence-electron chi connectivity index (χ0n) is 20.2. The third kappa shape index (κ3) is 35.1. The molecule has 0 atom stereocenters. The number of nitrogens with one attached hydrogen (secondary N) is 1. The predicted octanol–water partition coefficient (Wildman–Crippen LogP) is 8.87. The fourth-order valence-corrected chi connectivity index (χ4v) is 2.57. The summed E-state index contributed by atoms with van der Waals surface area (Å²) in [5.41, 5.74) is 1.82. The molecule has 0 saturated heterocycles. The Morgan fingerprint density at radius 1 is 0.462 bits per heavy atom. The highest BCUT2D eigenvalue weighted by atomic mass is 14.9. The van der Waals surface area contributed by atoms with Crippen LogP contribution in [-0.4, -0.2) is 12.1 Å². The first kappa shape index (κ1) is 30.7. The van der Waals surface area contributed by atoms with E-state index in [0.29, 0.717) is 16.2 Å². The van der Waals surface area contributed by atoms with Gasteiger partial charge in [0, 0.05) is 5.54 Å². The van der Waals surface area contributed by atoms with Gasteiger partial charge in [-0.15, -0.1) is 0 Å². The lowest BCUT2D eigenvalue weighted by atomic mass is 9.86. The van der Waals surface area contributed by atoms with Gasteiger partial charge < -0.3 is 5.32 Å². The highest BCUT2D eigenvalue weighted by molar-refractivity contribution is 4.71. The Hall–Kier alpha value is -0.0400. The summed E-state index contributed by atoms with van der Waals surface area (Å²) in [6, 6.07) is 0. The zero-order valence-corrected chi connectivity index (χ0v) is 20.2. The first-order chi connectivity index (χ1) is 10.9. The Morgan fingerprint density at radius 2 is 0.769 bits per heavy atom. The molecule has 0 unspecified atom stereocenters. The normalized spacial score (nSPS) is 12.9. The average molecular weight is 372 g/mol. The summed E-state index contributed by atoms with van der Waals surface area (Å²) in [6.07, 6.45) is 9.54. The van der Waals surface area contributed by atoms with E-state index in [1.54, 1.807) is 0 Å². The fourth-order valence-electron chi connectivity index (χ4n) is 2.57. The molecule has 26 heavy (non-hydrogen) atoms. The predicted molar refractivity (Wildman–Crippen MR) is 125 cm³/mol. The van der Waals surface area contributed by atoms with Crippen molar-refractivity contribution in [3.8, 4) is 0 Å². The van der Waals surface area contributed by atoms with Crippen LogP contribution in [0.15, 0.2) is 0 Å². The molecule has 1 heteroatoms. The van der Waals surface area contributed by atoms with E-state index < -0.39 is 0 Å². The van der Waals surface area contributed by atoms with E-state index in [0.717, 1.165) is 6.54 Å². The number of unbranched alkanes of at least 4 members (excludes halogenated alkanes) is 2. The van der Waals surface area contributed by atoms with E-state index in [-0.39, 0.29) is 13.0 Å². The summed E-state index contributed by atoms with van der Waals surface area (Å²) in [7, 11) is 0. The minimum Gasteiger partial charge on any atom is -0.312 e. The first-order valence-electron chi connectivity index (χ1n) is 10.7. The third-order valence-corrected chi connectivity index (χ3v) is 4.11. The summed E-state index contributed by atoms with van der Waals surface area (Å²) >= 11 is 0. The molecule has 1 N–H and O–H groups in total. The van der Waals surface area contributed by atoms with Gasteiger partial charge in [0.1, 0.15) is 0 Å². The van der Waals surface area contributed by atoms with Crippen molar-refractivity contribution >= 4 is 0 Å². The van der Waals surface area contributed by atoms with Gasteiger partial charge in [-0.1, -0.05) is 89.0 Å². The maximum Gasteiger partial charge on any atom is 0.00965 e. The lowest BCUT2D eigenvalue weighted by Crippen LogP contribution is -2.36. The fraction of sp³-hybridized carbons (Fsp3) is 1.00. The Balaban J connectivity index is -0.000000393. The van der Waals surface area contributed by atoms with Crippen molar-refractivity contribution in [3.05, 3.63) is 0 Å².